The molecule has 18 heavy (non-hydrogen) atoms. The minimum atomic E-state index is -0.492. The zero-order chi connectivity index (χ0) is 13.0. The zero-order valence-corrected chi connectivity index (χ0v) is 10.6. The predicted octanol–water partition coefficient (Wildman–Crippen LogP) is 1.99. The first-order valence-electron chi connectivity index (χ1n) is 6.44. The van der Waals surface area contributed by atoms with Crippen molar-refractivity contribution >= 4 is 5.97 Å². The van der Waals surface area contributed by atoms with Crippen molar-refractivity contribution in [2.24, 2.45) is 17.8 Å². The zero-order valence-electron chi connectivity index (χ0n) is 10.6. The van der Waals surface area contributed by atoms with Crippen LogP contribution in [0.25, 0.3) is 0 Å². The highest BCUT2D eigenvalue weighted by molar-refractivity contribution is 5.91. The number of aliphatic hydroxyl groups is 1. The van der Waals surface area contributed by atoms with Crippen LogP contribution in [-0.4, -0.2) is 23.3 Å². The van der Waals surface area contributed by atoms with Crippen molar-refractivity contribution < 1.29 is 14.6 Å². The molecule has 1 N–H and O–H groups in total. The van der Waals surface area contributed by atoms with E-state index in [-0.39, 0.29) is 29.8 Å². The highest BCUT2D eigenvalue weighted by Gasteiger charge is 2.51. The van der Waals surface area contributed by atoms with Gasteiger partial charge < -0.3 is 9.84 Å². The molecule has 96 valence electrons. The molecule has 3 nitrogen and oxygen atoms in total. The molecular formula is C15H18O3. The number of fused-ring (bicyclic) bond motifs is 3. The van der Waals surface area contributed by atoms with Gasteiger partial charge in [-0.15, -0.1) is 0 Å². The van der Waals surface area contributed by atoms with E-state index >= 15 is 0 Å². The summed E-state index contributed by atoms with van der Waals surface area (Å²) in [7, 11) is 0. The lowest BCUT2D eigenvalue weighted by Gasteiger charge is -2.28. The SMILES string of the molecule is C=C1CC[C@@H]2C(=C)C(=O)O[C@H]2[C@H]2C(C)=C[C@@H](O)[C@@H]12. The third kappa shape index (κ3) is 1.43. The topological polar surface area (TPSA) is 46.5 Å². The largest absolute Gasteiger partial charge is 0.458 e. The van der Waals surface area contributed by atoms with E-state index in [1.807, 2.05) is 13.0 Å². The third-order valence-electron chi connectivity index (χ3n) is 4.67. The Morgan fingerprint density at radius 1 is 1.39 bits per heavy atom. The van der Waals surface area contributed by atoms with Crippen molar-refractivity contribution in [1.82, 2.24) is 0 Å². The van der Waals surface area contributed by atoms with Crippen molar-refractivity contribution in [3.8, 4) is 0 Å². The van der Waals surface area contributed by atoms with Gasteiger partial charge in [-0.3, -0.25) is 0 Å². The van der Waals surface area contributed by atoms with Gasteiger partial charge in [-0.1, -0.05) is 30.4 Å². The molecule has 3 rings (SSSR count). The van der Waals surface area contributed by atoms with E-state index in [0.29, 0.717) is 5.57 Å². The molecule has 0 radical (unpaired) electrons. The van der Waals surface area contributed by atoms with Crippen molar-refractivity contribution in [2.45, 2.75) is 32.0 Å². The number of hydrogen-bond acceptors (Lipinski definition) is 3. The van der Waals surface area contributed by atoms with Crippen LogP contribution in [0.3, 0.4) is 0 Å². The lowest BCUT2D eigenvalue weighted by Crippen LogP contribution is -2.32. The van der Waals surface area contributed by atoms with Gasteiger partial charge in [0, 0.05) is 23.3 Å². The first-order chi connectivity index (χ1) is 8.50. The minimum Gasteiger partial charge on any atom is -0.458 e. The lowest BCUT2D eigenvalue weighted by atomic mass is 9.80. The molecule has 3 aliphatic rings. The molecule has 3 heteroatoms. The molecular weight excluding hydrogens is 228 g/mol. The number of carbonyl (C=O) groups excluding carboxylic acids is 1. The second-order valence-corrected chi connectivity index (χ2v) is 5.65. The fourth-order valence-electron chi connectivity index (χ4n) is 3.74. The Morgan fingerprint density at radius 3 is 2.83 bits per heavy atom. The second-order valence-electron chi connectivity index (χ2n) is 5.65. The standard InChI is InChI=1S/C15H18O3/c1-7-4-5-10-9(3)15(17)18-14(10)13-8(2)6-11(16)12(7)13/h6,10-14,16H,1,3-5H2,2H3/t10-,11-,12-,13+,14-/m1/s1. The van der Waals surface area contributed by atoms with E-state index in [1.54, 1.807) is 0 Å². The highest BCUT2D eigenvalue weighted by atomic mass is 16.6. The molecule has 5 atom stereocenters. The van der Waals surface area contributed by atoms with Crippen LogP contribution in [-0.2, 0) is 9.53 Å². The van der Waals surface area contributed by atoms with Crippen LogP contribution in [0.1, 0.15) is 19.8 Å². The van der Waals surface area contributed by atoms with Crippen molar-refractivity contribution in [1.29, 1.82) is 0 Å². The van der Waals surface area contributed by atoms with Gasteiger partial charge in [-0.05, 0) is 19.8 Å². The van der Waals surface area contributed by atoms with Crippen molar-refractivity contribution in [2.75, 3.05) is 0 Å². The molecule has 0 unspecified atom stereocenters. The Balaban J connectivity index is 2.02. The second kappa shape index (κ2) is 3.82. The molecule has 2 aliphatic carbocycles. The van der Waals surface area contributed by atoms with Crippen LogP contribution >= 0.6 is 0 Å². The number of aliphatic hydroxyl groups excluding tert-OH is 1. The van der Waals surface area contributed by atoms with Gasteiger partial charge in [-0.25, -0.2) is 4.79 Å². The Bertz CT molecular complexity index is 474. The van der Waals surface area contributed by atoms with Gasteiger partial charge in [-0.2, -0.15) is 0 Å². The number of ether oxygens (including phenoxy) is 1. The van der Waals surface area contributed by atoms with Crippen LogP contribution in [0.2, 0.25) is 0 Å². The van der Waals surface area contributed by atoms with Crippen LogP contribution < -0.4 is 0 Å². The summed E-state index contributed by atoms with van der Waals surface area (Å²) in [4.78, 5) is 11.7. The number of rotatable bonds is 0. The number of carbonyl (C=O) groups is 1. The normalized spacial score (nSPS) is 43.1. The van der Waals surface area contributed by atoms with Crippen LogP contribution in [0.15, 0.2) is 36.0 Å². The molecule has 1 heterocycles. The van der Waals surface area contributed by atoms with Crippen LogP contribution in [0, 0.1) is 17.8 Å². The Morgan fingerprint density at radius 2 is 2.11 bits per heavy atom. The summed E-state index contributed by atoms with van der Waals surface area (Å²) in [6.07, 6.45) is 2.89. The lowest BCUT2D eigenvalue weighted by molar-refractivity contribution is -0.141. The average molecular weight is 246 g/mol. The molecule has 0 aromatic rings. The smallest absolute Gasteiger partial charge is 0.334 e. The van der Waals surface area contributed by atoms with E-state index in [2.05, 4.69) is 13.2 Å². The average Bonchev–Trinajstić information content (AvgIpc) is 2.68. The molecule has 0 amide bonds. The van der Waals surface area contributed by atoms with E-state index in [9.17, 15) is 9.90 Å². The molecule has 2 fully saturated rings. The van der Waals surface area contributed by atoms with E-state index in [0.717, 1.165) is 24.0 Å². The molecule has 1 saturated heterocycles. The van der Waals surface area contributed by atoms with Crippen LogP contribution in [0.4, 0.5) is 0 Å². The minimum absolute atomic E-state index is 0.00120. The predicted molar refractivity (Wildman–Crippen MR) is 67.6 cm³/mol. The Hall–Kier alpha value is -1.35. The maximum atomic E-state index is 11.7. The molecule has 1 aliphatic heterocycles. The quantitative estimate of drug-likeness (QED) is 0.404. The summed E-state index contributed by atoms with van der Waals surface area (Å²) >= 11 is 0. The summed E-state index contributed by atoms with van der Waals surface area (Å²) in [6, 6.07) is 0. The summed E-state index contributed by atoms with van der Waals surface area (Å²) in [5.74, 6) is -0.120. The van der Waals surface area contributed by atoms with E-state index in [1.165, 1.54) is 0 Å². The van der Waals surface area contributed by atoms with E-state index in [4.69, 9.17) is 4.74 Å². The molecule has 0 spiro atoms. The van der Waals surface area contributed by atoms with Crippen molar-refractivity contribution in [3.63, 3.8) is 0 Å². The van der Waals surface area contributed by atoms with Gasteiger partial charge in [0.1, 0.15) is 6.10 Å². The summed E-state index contributed by atoms with van der Waals surface area (Å²) in [5, 5.41) is 10.1. The van der Waals surface area contributed by atoms with Gasteiger partial charge in [0.05, 0.1) is 6.10 Å². The fraction of sp³-hybridized carbons (Fsp3) is 0.533. The van der Waals surface area contributed by atoms with Gasteiger partial charge in [0.25, 0.3) is 0 Å². The Labute approximate surface area is 107 Å². The molecule has 0 aromatic carbocycles. The van der Waals surface area contributed by atoms with Crippen LogP contribution in [0.5, 0.6) is 0 Å². The monoisotopic (exact) mass is 246 g/mol. The fourth-order valence-corrected chi connectivity index (χ4v) is 3.74. The third-order valence-corrected chi connectivity index (χ3v) is 4.67. The molecule has 1 saturated carbocycles. The maximum absolute atomic E-state index is 11.7. The summed E-state index contributed by atoms with van der Waals surface area (Å²) in [5.41, 5.74) is 2.76. The van der Waals surface area contributed by atoms with Crippen molar-refractivity contribution in [3.05, 3.63) is 36.0 Å². The van der Waals surface area contributed by atoms with Gasteiger partial charge in [0.2, 0.25) is 0 Å². The maximum Gasteiger partial charge on any atom is 0.334 e. The molecule has 0 aromatic heterocycles. The van der Waals surface area contributed by atoms with Gasteiger partial charge >= 0.3 is 5.97 Å². The summed E-state index contributed by atoms with van der Waals surface area (Å²) in [6.45, 7) is 9.97. The summed E-state index contributed by atoms with van der Waals surface area (Å²) < 4.78 is 5.51. The highest BCUT2D eigenvalue weighted by Crippen LogP contribution is 2.50. The van der Waals surface area contributed by atoms with Gasteiger partial charge in [0.15, 0.2) is 0 Å². The first-order valence-corrected chi connectivity index (χ1v) is 6.44. The van der Waals surface area contributed by atoms with E-state index < -0.39 is 6.10 Å². The molecule has 0 bridgehead atoms. The number of esters is 1. The number of hydrogen-bond donors (Lipinski definition) is 1. The first kappa shape index (κ1) is 11.7. The Kier molecular flexibility index (Phi) is 2.49.